The van der Waals surface area contributed by atoms with Gasteiger partial charge >= 0.3 is 12.1 Å². The minimum atomic E-state index is -0.502. The molecule has 0 spiro atoms. The lowest BCUT2D eigenvalue weighted by Crippen LogP contribution is -2.56. The average Bonchev–Trinajstić information content (AvgIpc) is 2.18. The summed E-state index contributed by atoms with van der Waals surface area (Å²) in [5.74, 6) is -0.588. The van der Waals surface area contributed by atoms with Gasteiger partial charge < -0.3 is 20.1 Å². The summed E-state index contributed by atoms with van der Waals surface area (Å²) in [6.45, 7) is 6.68. The third-order valence-corrected chi connectivity index (χ3v) is 2.89. The lowest BCUT2D eigenvalue weighted by atomic mass is 9.86. The molecule has 1 unspecified atom stereocenters. The molecular weight excluding hydrogens is 236 g/mol. The maximum Gasteiger partial charge on any atom is 0.410 e. The van der Waals surface area contributed by atoms with Crippen LogP contribution in [-0.4, -0.2) is 49.3 Å². The normalized spacial score (nSPS) is 17.9. The molecule has 6 heteroatoms. The zero-order chi connectivity index (χ0) is 13.9. The van der Waals surface area contributed by atoms with Crippen molar-refractivity contribution in [1.82, 2.24) is 4.90 Å². The third-order valence-electron chi connectivity index (χ3n) is 2.89. The van der Waals surface area contributed by atoms with Crippen LogP contribution in [0.5, 0.6) is 0 Å². The van der Waals surface area contributed by atoms with Crippen molar-refractivity contribution >= 4 is 12.1 Å². The Hall–Kier alpha value is -1.30. The fraction of sp³-hybridized carbons (Fsp3) is 0.833. The number of nitrogens with two attached hydrogens (primary N) is 1. The lowest BCUT2D eigenvalue weighted by molar-refractivity contribution is -0.149. The first-order valence-electron chi connectivity index (χ1n) is 6.04. The zero-order valence-corrected chi connectivity index (χ0v) is 11.4. The van der Waals surface area contributed by atoms with Crippen LogP contribution >= 0.6 is 0 Å². The Morgan fingerprint density at radius 1 is 1.39 bits per heavy atom. The van der Waals surface area contributed by atoms with Gasteiger partial charge in [-0.3, -0.25) is 4.79 Å². The topological polar surface area (TPSA) is 81.9 Å². The monoisotopic (exact) mass is 258 g/mol. The standard InChI is InChI=1S/C12H22N2O4/c1-12(2,3)18-11(16)14-6-8(7-14)9(5-13)10(15)17-4/h8-9H,5-7,13H2,1-4H3. The maximum atomic E-state index is 11.7. The Balaban J connectivity index is 2.43. The van der Waals surface area contributed by atoms with Crippen molar-refractivity contribution in [3.63, 3.8) is 0 Å². The number of rotatable bonds is 3. The second-order valence-electron chi connectivity index (χ2n) is 5.51. The molecule has 1 aliphatic heterocycles. The minimum Gasteiger partial charge on any atom is -0.469 e. The molecule has 1 rings (SSSR count). The van der Waals surface area contributed by atoms with Crippen LogP contribution in [0.3, 0.4) is 0 Å². The van der Waals surface area contributed by atoms with Crippen molar-refractivity contribution in [3.8, 4) is 0 Å². The molecule has 1 heterocycles. The van der Waals surface area contributed by atoms with Gasteiger partial charge in [0.15, 0.2) is 0 Å². The van der Waals surface area contributed by atoms with Crippen LogP contribution in [0.1, 0.15) is 20.8 Å². The van der Waals surface area contributed by atoms with E-state index in [0.717, 1.165) is 0 Å². The summed E-state index contributed by atoms with van der Waals surface area (Å²) in [6, 6.07) is 0. The van der Waals surface area contributed by atoms with E-state index in [1.807, 2.05) is 20.8 Å². The molecule has 0 aliphatic carbocycles. The quantitative estimate of drug-likeness (QED) is 0.750. The Morgan fingerprint density at radius 2 is 1.94 bits per heavy atom. The van der Waals surface area contributed by atoms with Crippen LogP contribution in [0.4, 0.5) is 4.79 Å². The molecule has 1 atom stereocenters. The van der Waals surface area contributed by atoms with E-state index in [1.54, 1.807) is 4.90 Å². The van der Waals surface area contributed by atoms with Gasteiger partial charge in [0.2, 0.25) is 0 Å². The summed E-state index contributed by atoms with van der Waals surface area (Å²) in [4.78, 5) is 24.7. The van der Waals surface area contributed by atoms with Gasteiger partial charge in [0.05, 0.1) is 13.0 Å². The van der Waals surface area contributed by atoms with E-state index in [-0.39, 0.29) is 30.4 Å². The van der Waals surface area contributed by atoms with Gasteiger partial charge in [0, 0.05) is 25.6 Å². The van der Waals surface area contributed by atoms with E-state index in [2.05, 4.69) is 4.74 Å². The van der Waals surface area contributed by atoms with Gasteiger partial charge in [-0.2, -0.15) is 0 Å². The predicted molar refractivity (Wildman–Crippen MR) is 65.9 cm³/mol. The van der Waals surface area contributed by atoms with Gasteiger partial charge in [-0.25, -0.2) is 4.79 Å². The molecule has 0 bridgehead atoms. The third kappa shape index (κ3) is 3.60. The van der Waals surface area contributed by atoms with Crippen molar-refractivity contribution in [1.29, 1.82) is 0 Å². The summed E-state index contributed by atoms with van der Waals surface area (Å²) < 4.78 is 9.91. The highest BCUT2D eigenvalue weighted by atomic mass is 16.6. The van der Waals surface area contributed by atoms with Gasteiger partial charge in [0.25, 0.3) is 0 Å². The van der Waals surface area contributed by atoms with Crippen LogP contribution in [0, 0.1) is 11.8 Å². The van der Waals surface area contributed by atoms with E-state index in [1.165, 1.54) is 7.11 Å². The summed E-state index contributed by atoms with van der Waals surface area (Å²) in [7, 11) is 1.34. The summed E-state index contributed by atoms with van der Waals surface area (Å²) in [5.41, 5.74) is 5.05. The highest BCUT2D eigenvalue weighted by molar-refractivity contribution is 5.74. The van der Waals surface area contributed by atoms with E-state index < -0.39 is 5.60 Å². The lowest BCUT2D eigenvalue weighted by Gasteiger charge is -2.42. The number of likely N-dealkylation sites (tertiary alicyclic amines) is 1. The maximum absolute atomic E-state index is 11.7. The SMILES string of the molecule is COC(=O)C(CN)C1CN(C(=O)OC(C)(C)C)C1. The first-order valence-corrected chi connectivity index (χ1v) is 6.04. The van der Waals surface area contributed by atoms with Crippen molar-refractivity contribution in [2.75, 3.05) is 26.7 Å². The molecule has 0 aromatic heterocycles. The van der Waals surface area contributed by atoms with E-state index in [4.69, 9.17) is 10.5 Å². The van der Waals surface area contributed by atoms with Crippen LogP contribution in [0.15, 0.2) is 0 Å². The molecule has 2 N–H and O–H groups in total. The molecule has 104 valence electrons. The Labute approximate surface area is 107 Å². The largest absolute Gasteiger partial charge is 0.469 e. The fourth-order valence-electron chi connectivity index (χ4n) is 1.88. The van der Waals surface area contributed by atoms with Crippen molar-refractivity contribution < 1.29 is 19.1 Å². The van der Waals surface area contributed by atoms with E-state index in [0.29, 0.717) is 13.1 Å². The number of nitrogens with zero attached hydrogens (tertiary/aromatic N) is 1. The number of carbonyl (C=O) groups is 2. The summed E-state index contributed by atoms with van der Waals surface area (Å²) >= 11 is 0. The number of methoxy groups -OCH3 is 1. The smallest absolute Gasteiger partial charge is 0.410 e. The van der Waals surface area contributed by atoms with Crippen molar-refractivity contribution in [3.05, 3.63) is 0 Å². The van der Waals surface area contributed by atoms with Gasteiger partial charge in [-0.1, -0.05) is 0 Å². The van der Waals surface area contributed by atoms with Crippen LogP contribution in [-0.2, 0) is 14.3 Å². The second kappa shape index (κ2) is 5.56. The van der Waals surface area contributed by atoms with E-state index >= 15 is 0 Å². The highest BCUT2D eigenvalue weighted by Crippen LogP contribution is 2.26. The Morgan fingerprint density at radius 3 is 2.33 bits per heavy atom. The average molecular weight is 258 g/mol. The molecule has 0 radical (unpaired) electrons. The fourth-order valence-corrected chi connectivity index (χ4v) is 1.88. The molecule has 1 fully saturated rings. The zero-order valence-electron chi connectivity index (χ0n) is 11.4. The molecule has 6 nitrogen and oxygen atoms in total. The molecule has 1 aliphatic rings. The van der Waals surface area contributed by atoms with Gasteiger partial charge in [-0.15, -0.1) is 0 Å². The number of ether oxygens (including phenoxy) is 2. The first-order chi connectivity index (χ1) is 8.28. The molecule has 1 saturated heterocycles. The number of carbonyl (C=O) groups excluding carboxylic acids is 2. The molecule has 0 saturated carbocycles. The summed E-state index contributed by atoms with van der Waals surface area (Å²) in [5, 5.41) is 0. The van der Waals surface area contributed by atoms with E-state index in [9.17, 15) is 9.59 Å². The highest BCUT2D eigenvalue weighted by Gasteiger charge is 2.40. The number of hydrogen-bond donors (Lipinski definition) is 1. The van der Waals surface area contributed by atoms with Crippen LogP contribution < -0.4 is 5.73 Å². The van der Waals surface area contributed by atoms with Gasteiger partial charge in [0.1, 0.15) is 5.60 Å². The minimum absolute atomic E-state index is 0.0648. The Bertz CT molecular complexity index is 319. The van der Waals surface area contributed by atoms with Crippen molar-refractivity contribution in [2.24, 2.45) is 17.6 Å². The Kier molecular flexibility index (Phi) is 4.56. The molecule has 0 aromatic carbocycles. The molecule has 1 amide bonds. The molecular formula is C12H22N2O4. The number of hydrogen-bond acceptors (Lipinski definition) is 5. The molecule has 18 heavy (non-hydrogen) atoms. The first kappa shape index (κ1) is 14.8. The second-order valence-corrected chi connectivity index (χ2v) is 5.51. The molecule has 0 aromatic rings. The summed E-state index contributed by atoms with van der Waals surface area (Å²) in [6.07, 6.45) is -0.348. The van der Waals surface area contributed by atoms with Gasteiger partial charge in [-0.05, 0) is 20.8 Å². The van der Waals surface area contributed by atoms with Crippen LogP contribution in [0.25, 0.3) is 0 Å². The van der Waals surface area contributed by atoms with Crippen LogP contribution in [0.2, 0.25) is 0 Å². The van der Waals surface area contributed by atoms with Crippen molar-refractivity contribution in [2.45, 2.75) is 26.4 Å². The number of esters is 1. The number of amides is 1. The predicted octanol–water partition coefficient (Wildman–Crippen LogP) is 0.601.